The Morgan fingerprint density at radius 1 is 1.33 bits per heavy atom. The fourth-order valence-electron chi connectivity index (χ4n) is 2.74. The second-order valence-electron chi connectivity index (χ2n) is 6.40. The molecule has 0 radical (unpaired) electrons. The number of halogens is 1. The SMILES string of the molecule is CCn1ccc2cc(Nc3cc(C)c(F)cn3)nc(N[C@@H](C)CO)c2c1=O. The molecular formula is C19H22FN5O2. The van der Waals surface area contributed by atoms with E-state index < -0.39 is 0 Å². The van der Waals surface area contributed by atoms with Gasteiger partial charge in [0.05, 0.1) is 18.2 Å². The first-order valence-electron chi connectivity index (χ1n) is 8.73. The predicted octanol–water partition coefficient (Wildman–Crippen LogP) is 2.80. The zero-order valence-corrected chi connectivity index (χ0v) is 15.5. The van der Waals surface area contributed by atoms with Crippen LogP contribution in [0.25, 0.3) is 10.8 Å². The van der Waals surface area contributed by atoms with Gasteiger partial charge in [-0.3, -0.25) is 4.79 Å². The standard InChI is InChI=1S/C19H22FN5O2/c1-4-25-6-5-13-8-16(23-15-7-11(2)14(20)9-21-15)24-18(17(13)19(25)27)22-12(3)10-26/h5-9,12,26H,4,10H2,1-3H3,(H2,21,22,23,24)/t12-/m0/s1. The highest BCUT2D eigenvalue weighted by Crippen LogP contribution is 2.25. The molecule has 0 spiro atoms. The van der Waals surface area contributed by atoms with Gasteiger partial charge in [-0.2, -0.15) is 0 Å². The number of nitrogens with one attached hydrogen (secondary N) is 2. The second kappa shape index (κ2) is 7.71. The molecule has 3 aromatic rings. The molecule has 8 heteroatoms. The Hall–Kier alpha value is -3.00. The Morgan fingerprint density at radius 3 is 2.78 bits per heavy atom. The Bertz CT molecular complexity index is 1030. The number of fused-ring (bicyclic) bond motifs is 1. The molecule has 0 aromatic carbocycles. The number of nitrogens with zero attached hydrogens (tertiary/aromatic N) is 3. The van der Waals surface area contributed by atoms with Crippen molar-refractivity contribution in [2.24, 2.45) is 0 Å². The summed E-state index contributed by atoms with van der Waals surface area (Å²) in [6.45, 7) is 5.78. The summed E-state index contributed by atoms with van der Waals surface area (Å²) >= 11 is 0. The van der Waals surface area contributed by atoms with Crippen molar-refractivity contribution in [3.63, 3.8) is 0 Å². The maximum Gasteiger partial charge on any atom is 0.262 e. The number of pyridine rings is 3. The number of hydrogen-bond donors (Lipinski definition) is 3. The lowest BCUT2D eigenvalue weighted by molar-refractivity contribution is 0.281. The first-order chi connectivity index (χ1) is 12.9. The maximum atomic E-state index is 13.4. The van der Waals surface area contributed by atoms with Gasteiger partial charge in [0.1, 0.15) is 23.3 Å². The molecule has 0 amide bonds. The fourth-order valence-corrected chi connectivity index (χ4v) is 2.74. The first-order valence-corrected chi connectivity index (χ1v) is 8.73. The van der Waals surface area contributed by atoms with Crippen LogP contribution >= 0.6 is 0 Å². The second-order valence-corrected chi connectivity index (χ2v) is 6.40. The smallest absolute Gasteiger partial charge is 0.262 e. The van der Waals surface area contributed by atoms with Crippen LogP contribution < -0.4 is 16.2 Å². The van der Waals surface area contributed by atoms with Crippen LogP contribution in [0.15, 0.2) is 35.4 Å². The van der Waals surface area contributed by atoms with E-state index >= 15 is 0 Å². The van der Waals surface area contributed by atoms with E-state index in [0.717, 1.165) is 6.20 Å². The van der Waals surface area contributed by atoms with Crippen molar-refractivity contribution >= 4 is 28.2 Å². The van der Waals surface area contributed by atoms with Crippen LogP contribution in [0, 0.1) is 12.7 Å². The van der Waals surface area contributed by atoms with E-state index in [1.165, 1.54) is 0 Å². The summed E-state index contributed by atoms with van der Waals surface area (Å²) in [5.41, 5.74) is 0.309. The van der Waals surface area contributed by atoms with Crippen LogP contribution in [0.5, 0.6) is 0 Å². The minimum atomic E-state index is -0.383. The molecule has 0 aliphatic rings. The van der Waals surface area contributed by atoms with Gasteiger partial charge in [-0.15, -0.1) is 0 Å². The number of aryl methyl sites for hydroxylation is 2. The van der Waals surface area contributed by atoms with Gasteiger partial charge in [-0.05, 0) is 49.9 Å². The molecule has 0 saturated heterocycles. The summed E-state index contributed by atoms with van der Waals surface area (Å²) in [5, 5.41) is 16.6. The van der Waals surface area contributed by atoms with Crippen LogP contribution in [0.2, 0.25) is 0 Å². The van der Waals surface area contributed by atoms with E-state index in [1.54, 1.807) is 36.7 Å². The van der Waals surface area contributed by atoms with Gasteiger partial charge in [-0.25, -0.2) is 14.4 Å². The summed E-state index contributed by atoms with van der Waals surface area (Å²) in [7, 11) is 0. The minimum Gasteiger partial charge on any atom is -0.394 e. The molecule has 0 saturated carbocycles. The third kappa shape index (κ3) is 3.90. The predicted molar refractivity (Wildman–Crippen MR) is 104 cm³/mol. The normalized spacial score (nSPS) is 12.2. The van der Waals surface area contributed by atoms with Crippen LogP contribution in [-0.4, -0.2) is 32.3 Å². The molecule has 3 heterocycles. The van der Waals surface area contributed by atoms with Crippen molar-refractivity contribution < 1.29 is 9.50 Å². The Labute approximate surface area is 155 Å². The van der Waals surface area contributed by atoms with E-state index in [2.05, 4.69) is 20.6 Å². The van der Waals surface area contributed by atoms with Gasteiger partial charge in [0, 0.05) is 18.8 Å². The van der Waals surface area contributed by atoms with Crippen molar-refractivity contribution in [1.29, 1.82) is 0 Å². The summed E-state index contributed by atoms with van der Waals surface area (Å²) in [4.78, 5) is 21.3. The van der Waals surface area contributed by atoms with Crippen LogP contribution in [0.4, 0.5) is 21.8 Å². The van der Waals surface area contributed by atoms with Crippen molar-refractivity contribution in [3.05, 3.63) is 52.3 Å². The van der Waals surface area contributed by atoms with Crippen molar-refractivity contribution in [1.82, 2.24) is 14.5 Å². The van der Waals surface area contributed by atoms with Crippen molar-refractivity contribution in [2.45, 2.75) is 33.4 Å². The molecular weight excluding hydrogens is 349 g/mol. The van der Waals surface area contributed by atoms with Crippen LogP contribution in [0.1, 0.15) is 19.4 Å². The molecule has 1 atom stereocenters. The van der Waals surface area contributed by atoms with Gasteiger partial charge in [0.15, 0.2) is 0 Å². The van der Waals surface area contributed by atoms with Gasteiger partial charge in [0.2, 0.25) is 0 Å². The van der Waals surface area contributed by atoms with Crippen LogP contribution in [-0.2, 0) is 6.54 Å². The molecule has 0 fully saturated rings. The third-order valence-electron chi connectivity index (χ3n) is 4.26. The highest BCUT2D eigenvalue weighted by Gasteiger charge is 2.14. The van der Waals surface area contributed by atoms with E-state index in [-0.39, 0.29) is 24.0 Å². The maximum absolute atomic E-state index is 13.4. The van der Waals surface area contributed by atoms with Gasteiger partial charge in [-0.1, -0.05) is 0 Å². The molecule has 7 nitrogen and oxygen atoms in total. The summed E-state index contributed by atoms with van der Waals surface area (Å²) in [6, 6.07) is 4.88. The lowest BCUT2D eigenvalue weighted by atomic mass is 10.2. The average molecular weight is 371 g/mol. The highest BCUT2D eigenvalue weighted by atomic mass is 19.1. The van der Waals surface area contributed by atoms with E-state index in [1.807, 2.05) is 13.0 Å². The quantitative estimate of drug-likeness (QED) is 0.617. The Balaban J connectivity index is 2.11. The number of rotatable bonds is 6. The molecule has 0 aliphatic heterocycles. The summed E-state index contributed by atoms with van der Waals surface area (Å²) in [5.74, 6) is 0.903. The van der Waals surface area contributed by atoms with E-state index in [0.29, 0.717) is 40.3 Å². The molecule has 3 rings (SSSR count). The van der Waals surface area contributed by atoms with Crippen molar-refractivity contribution in [3.8, 4) is 0 Å². The lowest BCUT2D eigenvalue weighted by Gasteiger charge is -2.16. The molecule has 142 valence electrons. The first kappa shape index (κ1) is 18.8. The highest BCUT2D eigenvalue weighted by molar-refractivity contribution is 5.93. The lowest BCUT2D eigenvalue weighted by Crippen LogP contribution is -2.24. The number of aliphatic hydroxyl groups is 1. The molecule has 0 aliphatic carbocycles. The van der Waals surface area contributed by atoms with Gasteiger partial charge < -0.3 is 20.3 Å². The largest absolute Gasteiger partial charge is 0.394 e. The summed E-state index contributed by atoms with van der Waals surface area (Å²) < 4.78 is 15.0. The molecule has 27 heavy (non-hydrogen) atoms. The number of aromatic nitrogens is 3. The van der Waals surface area contributed by atoms with Crippen molar-refractivity contribution in [2.75, 3.05) is 17.2 Å². The monoisotopic (exact) mass is 371 g/mol. The minimum absolute atomic E-state index is 0.103. The van der Waals surface area contributed by atoms with Gasteiger partial charge in [0.25, 0.3) is 5.56 Å². The molecule has 0 bridgehead atoms. The number of aliphatic hydroxyl groups excluding tert-OH is 1. The average Bonchev–Trinajstić information content (AvgIpc) is 2.64. The molecule has 3 aromatic heterocycles. The topological polar surface area (TPSA) is 92.1 Å². The Morgan fingerprint density at radius 2 is 2.11 bits per heavy atom. The van der Waals surface area contributed by atoms with Crippen LogP contribution in [0.3, 0.4) is 0 Å². The fraction of sp³-hybridized carbons (Fsp3) is 0.316. The number of anilines is 3. The van der Waals surface area contributed by atoms with E-state index in [4.69, 9.17) is 0 Å². The number of hydrogen-bond acceptors (Lipinski definition) is 6. The molecule has 3 N–H and O–H groups in total. The third-order valence-corrected chi connectivity index (χ3v) is 4.26. The summed E-state index contributed by atoms with van der Waals surface area (Å²) in [6.07, 6.45) is 2.87. The van der Waals surface area contributed by atoms with E-state index in [9.17, 15) is 14.3 Å². The van der Waals surface area contributed by atoms with Gasteiger partial charge >= 0.3 is 0 Å². The zero-order chi connectivity index (χ0) is 19.6. The Kier molecular flexibility index (Phi) is 5.36. The zero-order valence-electron chi connectivity index (χ0n) is 15.5. The molecule has 0 unspecified atom stereocenters.